The van der Waals surface area contributed by atoms with Crippen LogP contribution in [0.1, 0.15) is 56.1 Å². The summed E-state index contributed by atoms with van der Waals surface area (Å²) in [5.74, 6) is -0.840. The van der Waals surface area contributed by atoms with Crippen molar-refractivity contribution in [2.24, 2.45) is 0 Å². The number of rotatable bonds is 8. The average Bonchev–Trinajstić information content (AvgIpc) is 3.01. The topological polar surface area (TPSA) is 66.9 Å². The van der Waals surface area contributed by atoms with Crippen molar-refractivity contribution in [2.75, 3.05) is 18.5 Å². The highest BCUT2D eigenvalue weighted by atomic mass is 79.9. The van der Waals surface area contributed by atoms with Crippen LogP contribution in [0.2, 0.25) is 0 Å². The minimum Gasteiger partial charge on any atom is -0.458 e. The van der Waals surface area contributed by atoms with Gasteiger partial charge in [-0.25, -0.2) is 4.79 Å². The van der Waals surface area contributed by atoms with E-state index in [9.17, 15) is 14.4 Å². The number of esters is 1. The van der Waals surface area contributed by atoms with Crippen LogP contribution in [-0.2, 0) is 20.7 Å². The Morgan fingerprint density at radius 1 is 1.12 bits per heavy atom. The maximum atomic E-state index is 13.6. The Morgan fingerprint density at radius 2 is 1.72 bits per heavy atom. The fourth-order valence-electron chi connectivity index (χ4n) is 2.98. The number of hydrogen-bond donors (Lipinski definition) is 0. The first-order valence-electron chi connectivity index (χ1n) is 10.4. The van der Waals surface area contributed by atoms with Crippen LogP contribution in [0, 0.1) is 6.92 Å². The molecule has 0 aliphatic heterocycles. The summed E-state index contributed by atoms with van der Waals surface area (Å²) in [7, 11) is 1.58. The molecule has 1 aromatic carbocycles. The molecule has 1 aromatic heterocycles. The Balaban J connectivity index is 2.35. The predicted octanol–water partition coefficient (Wildman–Crippen LogP) is 5.22. The number of carbonyl (C=O) groups is 3. The molecule has 8 heteroatoms. The summed E-state index contributed by atoms with van der Waals surface area (Å²) in [6.45, 7) is 10.9. The number of likely N-dealkylation sites (N-methyl/N-ethyl adjacent to an activating group) is 1. The van der Waals surface area contributed by atoms with Crippen molar-refractivity contribution >= 4 is 50.6 Å². The molecule has 0 aliphatic rings. The summed E-state index contributed by atoms with van der Waals surface area (Å²) in [5.41, 5.74) is 0.368. The van der Waals surface area contributed by atoms with Crippen molar-refractivity contribution in [3.8, 4) is 0 Å². The van der Waals surface area contributed by atoms with Gasteiger partial charge in [-0.2, -0.15) is 0 Å². The number of amides is 2. The molecule has 0 fully saturated rings. The van der Waals surface area contributed by atoms with Crippen LogP contribution in [0.25, 0.3) is 0 Å². The third kappa shape index (κ3) is 5.98. The smallest absolute Gasteiger partial charge is 0.331 e. The van der Waals surface area contributed by atoms with Crippen molar-refractivity contribution < 1.29 is 19.1 Å². The fraction of sp³-hybridized carbons (Fsp3) is 0.458. The summed E-state index contributed by atoms with van der Waals surface area (Å²) < 4.78 is 6.29. The minimum absolute atomic E-state index is 0.345. The van der Waals surface area contributed by atoms with Crippen molar-refractivity contribution in [1.29, 1.82) is 0 Å². The van der Waals surface area contributed by atoms with Crippen molar-refractivity contribution in [3.05, 3.63) is 50.8 Å². The first-order chi connectivity index (χ1) is 14.8. The molecule has 2 aromatic rings. The Hall–Kier alpha value is -2.19. The SMILES string of the molecule is Cc1c(Br)sc(N(C=O)CCc2ccccc2)c1C(=O)N(C)C(C)(C)C(=O)OC(C)(C)C. The summed E-state index contributed by atoms with van der Waals surface area (Å²) in [5, 5.41) is 0.553. The summed E-state index contributed by atoms with van der Waals surface area (Å²) in [6.07, 6.45) is 1.40. The number of anilines is 1. The molecule has 0 aliphatic carbocycles. The third-order valence-corrected chi connectivity index (χ3v) is 7.40. The van der Waals surface area contributed by atoms with Crippen LogP contribution in [0.15, 0.2) is 34.1 Å². The van der Waals surface area contributed by atoms with E-state index < -0.39 is 17.1 Å². The number of thiophene rings is 1. The number of ether oxygens (including phenoxy) is 1. The van der Waals surface area contributed by atoms with Crippen molar-refractivity contribution in [1.82, 2.24) is 4.90 Å². The van der Waals surface area contributed by atoms with E-state index in [1.165, 1.54) is 16.2 Å². The number of halogens is 1. The second-order valence-corrected chi connectivity index (χ2v) is 11.5. The highest BCUT2D eigenvalue weighted by Crippen LogP contribution is 2.40. The quantitative estimate of drug-likeness (QED) is 0.352. The molecule has 174 valence electrons. The van der Waals surface area contributed by atoms with Gasteiger partial charge in [0.1, 0.15) is 16.1 Å². The maximum absolute atomic E-state index is 13.6. The molecule has 1 heterocycles. The van der Waals surface area contributed by atoms with Gasteiger partial charge in [0.05, 0.1) is 9.35 Å². The summed E-state index contributed by atoms with van der Waals surface area (Å²) >= 11 is 4.84. The zero-order valence-corrected chi connectivity index (χ0v) is 22.1. The lowest BCUT2D eigenvalue weighted by Gasteiger charge is -2.36. The third-order valence-electron chi connectivity index (χ3n) is 5.20. The average molecular weight is 523 g/mol. The molecule has 32 heavy (non-hydrogen) atoms. The van der Waals surface area contributed by atoms with Gasteiger partial charge in [-0.3, -0.25) is 9.59 Å². The van der Waals surface area contributed by atoms with E-state index in [-0.39, 0.29) is 5.91 Å². The van der Waals surface area contributed by atoms with Gasteiger partial charge in [0.2, 0.25) is 6.41 Å². The monoisotopic (exact) mass is 522 g/mol. The van der Waals surface area contributed by atoms with Crippen LogP contribution < -0.4 is 4.90 Å². The molecule has 0 atom stereocenters. The molecular formula is C24H31BrN2O4S. The second-order valence-electron chi connectivity index (χ2n) is 9.14. The van der Waals surface area contributed by atoms with Crippen molar-refractivity contribution in [2.45, 2.75) is 59.1 Å². The molecule has 0 N–H and O–H groups in total. The number of nitrogens with zero attached hydrogens (tertiary/aromatic N) is 2. The van der Waals surface area contributed by atoms with Gasteiger partial charge >= 0.3 is 5.97 Å². The molecule has 0 bridgehead atoms. The molecule has 2 amide bonds. The van der Waals surface area contributed by atoms with E-state index in [0.29, 0.717) is 23.5 Å². The molecule has 0 saturated heterocycles. The zero-order valence-electron chi connectivity index (χ0n) is 19.7. The lowest BCUT2D eigenvalue weighted by Crippen LogP contribution is -2.53. The number of benzene rings is 1. The Kier molecular flexibility index (Phi) is 8.28. The Labute approximate surface area is 202 Å². The van der Waals surface area contributed by atoms with Crippen LogP contribution >= 0.6 is 27.3 Å². The van der Waals surface area contributed by atoms with E-state index in [4.69, 9.17) is 4.74 Å². The number of carbonyl (C=O) groups excluding carboxylic acids is 3. The largest absolute Gasteiger partial charge is 0.458 e. The molecule has 2 rings (SSSR count). The standard InChI is InChI=1S/C24H31BrN2O4S/c1-16-18(20(29)26(7)24(5,6)22(30)31-23(2,3)4)21(32-19(16)25)27(15-28)14-13-17-11-9-8-10-12-17/h8-12,15H,13-14H2,1-7H3. The van der Waals surface area contributed by atoms with E-state index in [0.717, 1.165) is 21.3 Å². The molecule has 0 radical (unpaired) electrons. The van der Waals surface area contributed by atoms with Gasteiger partial charge in [-0.1, -0.05) is 30.3 Å². The van der Waals surface area contributed by atoms with E-state index in [2.05, 4.69) is 15.9 Å². The first-order valence-corrected chi connectivity index (χ1v) is 12.0. The second kappa shape index (κ2) is 10.2. The Morgan fingerprint density at radius 3 is 2.25 bits per heavy atom. The minimum atomic E-state index is -1.20. The van der Waals surface area contributed by atoms with E-state index in [1.54, 1.807) is 46.6 Å². The van der Waals surface area contributed by atoms with E-state index in [1.807, 2.05) is 37.3 Å². The summed E-state index contributed by atoms with van der Waals surface area (Å²) in [4.78, 5) is 41.3. The van der Waals surface area contributed by atoms with Crippen LogP contribution in [-0.4, -0.2) is 47.9 Å². The first kappa shape index (κ1) is 26.1. The lowest BCUT2D eigenvalue weighted by atomic mass is 10.0. The van der Waals surface area contributed by atoms with Gasteiger partial charge in [-0.05, 0) is 75.0 Å². The van der Waals surface area contributed by atoms with Gasteiger partial charge < -0.3 is 14.5 Å². The highest BCUT2D eigenvalue weighted by Gasteiger charge is 2.41. The summed E-state index contributed by atoms with van der Waals surface area (Å²) in [6, 6.07) is 9.85. The van der Waals surface area contributed by atoms with Crippen LogP contribution in [0.5, 0.6) is 0 Å². The van der Waals surface area contributed by atoms with Gasteiger partial charge in [0.15, 0.2) is 0 Å². The molecule has 6 nitrogen and oxygen atoms in total. The maximum Gasteiger partial charge on any atom is 0.331 e. The van der Waals surface area contributed by atoms with E-state index >= 15 is 0 Å². The molecule has 0 spiro atoms. The van der Waals surface area contributed by atoms with Gasteiger partial charge in [0, 0.05) is 13.6 Å². The van der Waals surface area contributed by atoms with Gasteiger partial charge in [0.25, 0.3) is 5.91 Å². The van der Waals surface area contributed by atoms with Crippen LogP contribution in [0.4, 0.5) is 5.00 Å². The highest BCUT2D eigenvalue weighted by molar-refractivity contribution is 9.11. The van der Waals surface area contributed by atoms with Gasteiger partial charge in [-0.15, -0.1) is 11.3 Å². The lowest BCUT2D eigenvalue weighted by molar-refractivity contribution is -0.165. The zero-order chi connectivity index (χ0) is 24.3. The molecular weight excluding hydrogens is 492 g/mol. The predicted molar refractivity (Wildman–Crippen MR) is 132 cm³/mol. The number of hydrogen-bond acceptors (Lipinski definition) is 5. The fourth-order valence-corrected chi connectivity index (χ4v) is 4.66. The normalized spacial score (nSPS) is 11.8. The van der Waals surface area contributed by atoms with Crippen molar-refractivity contribution in [3.63, 3.8) is 0 Å². The Bertz CT molecular complexity index is 980. The molecule has 0 unspecified atom stereocenters. The molecule has 0 saturated carbocycles. The van der Waals surface area contributed by atoms with Crippen LogP contribution in [0.3, 0.4) is 0 Å².